The molecule has 0 spiro atoms. The van der Waals surface area contributed by atoms with Gasteiger partial charge in [0.2, 0.25) is 15.9 Å². The summed E-state index contributed by atoms with van der Waals surface area (Å²) in [4.78, 5) is 30.0. The van der Waals surface area contributed by atoms with Gasteiger partial charge in [-0.05, 0) is 24.6 Å². The van der Waals surface area contributed by atoms with Gasteiger partial charge in [-0.1, -0.05) is 12.0 Å². The number of rotatable bonds is 6. The normalized spacial score (nSPS) is 15.5. The molecular formula is C19H26N4O4S. The van der Waals surface area contributed by atoms with Gasteiger partial charge in [0, 0.05) is 45.8 Å². The molecule has 2 rings (SSSR count). The second-order valence-electron chi connectivity index (χ2n) is 6.77. The number of carbonyl (C=O) groups is 2. The lowest BCUT2D eigenvalue weighted by atomic mass is 10.2. The number of amides is 2. The Morgan fingerprint density at radius 3 is 2.64 bits per heavy atom. The van der Waals surface area contributed by atoms with Crippen LogP contribution in [-0.4, -0.2) is 88.3 Å². The molecule has 9 heteroatoms. The Bertz CT molecular complexity index is 861. The Balaban J connectivity index is 2.07. The first kappa shape index (κ1) is 21.9. The lowest BCUT2D eigenvalue weighted by Crippen LogP contribution is -2.39. The lowest BCUT2D eigenvalue weighted by molar-refractivity contribution is -0.129. The maximum atomic E-state index is 12.9. The Hall–Kier alpha value is -2.41. The third-order valence-corrected chi connectivity index (χ3v) is 5.89. The molecule has 1 saturated heterocycles. The number of benzene rings is 1. The Labute approximate surface area is 166 Å². The molecule has 8 nitrogen and oxygen atoms in total. The minimum atomic E-state index is -3.76. The summed E-state index contributed by atoms with van der Waals surface area (Å²) >= 11 is 0. The van der Waals surface area contributed by atoms with Gasteiger partial charge in [0.15, 0.2) is 0 Å². The lowest BCUT2D eigenvalue weighted by Gasteiger charge is -2.23. The molecule has 1 fully saturated rings. The van der Waals surface area contributed by atoms with Gasteiger partial charge in [-0.25, -0.2) is 8.42 Å². The predicted octanol–water partition coefficient (Wildman–Crippen LogP) is -0.166. The van der Waals surface area contributed by atoms with E-state index < -0.39 is 10.0 Å². The van der Waals surface area contributed by atoms with Gasteiger partial charge < -0.3 is 9.80 Å². The summed E-state index contributed by atoms with van der Waals surface area (Å²) in [7, 11) is -0.325. The SMILES string of the molecule is C#CCNS(=O)(=O)c1cccc(C(=O)N2CCCN(CC(=O)N(C)C)CC2)c1. The summed E-state index contributed by atoms with van der Waals surface area (Å²) in [5, 5.41) is 0. The summed E-state index contributed by atoms with van der Waals surface area (Å²) in [5.41, 5.74) is 0.307. The maximum absolute atomic E-state index is 12.9. The van der Waals surface area contributed by atoms with E-state index in [1.54, 1.807) is 30.0 Å². The topological polar surface area (TPSA) is 90.0 Å². The average Bonchev–Trinajstić information content (AvgIpc) is 2.91. The third kappa shape index (κ3) is 5.79. The van der Waals surface area contributed by atoms with Crippen molar-refractivity contribution in [2.75, 3.05) is 53.4 Å². The highest BCUT2D eigenvalue weighted by atomic mass is 32.2. The molecule has 0 unspecified atom stereocenters. The van der Waals surface area contributed by atoms with Crippen molar-refractivity contribution in [3.8, 4) is 12.3 Å². The van der Waals surface area contributed by atoms with E-state index in [2.05, 4.69) is 10.6 Å². The van der Waals surface area contributed by atoms with E-state index in [4.69, 9.17) is 6.42 Å². The van der Waals surface area contributed by atoms with E-state index in [1.807, 2.05) is 4.90 Å². The summed E-state index contributed by atoms with van der Waals surface area (Å²) in [6.45, 7) is 2.56. The number of terminal acetylenes is 1. The summed E-state index contributed by atoms with van der Waals surface area (Å²) < 4.78 is 26.7. The van der Waals surface area contributed by atoms with E-state index in [1.165, 1.54) is 18.2 Å². The predicted molar refractivity (Wildman–Crippen MR) is 106 cm³/mol. The number of nitrogens with zero attached hydrogens (tertiary/aromatic N) is 3. The molecule has 1 aliphatic rings. The first-order chi connectivity index (χ1) is 13.2. The second-order valence-corrected chi connectivity index (χ2v) is 8.53. The Morgan fingerprint density at radius 1 is 1.21 bits per heavy atom. The first-order valence-corrected chi connectivity index (χ1v) is 10.5. The van der Waals surface area contributed by atoms with Crippen LogP contribution in [0.2, 0.25) is 0 Å². The highest BCUT2D eigenvalue weighted by Gasteiger charge is 2.23. The van der Waals surface area contributed by atoms with E-state index in [0.29, 0.717) is 31.7 Å². The van der Waals surface area contributed by atoms with E-state index in [-0.39, 0.29) is 23.3 Å². The van der Waals surface area contributed by atoms with Gasteiger partial charge in [0.1, 0.15) is 0 Å². The van der Waals surface area contributed by atoms with Crippen molar-refractivity contribution in [1.29, 1.82) is 0 Å². The number of hydrogen-bond donors (Lipinski definition) is 1. The van der Waals surface area contributed by atoms with Crippen LogP contribution < -0.4 is 4.72 Å². The van der Waals surface area contributed by atoms with Crippen molar-refractivity contribution >= 4 is 21.8 Å². The van der Waals surface area contributed by atoms with Crippen molar-refractivity contribution in [1.82, 2.24) is 19.4 Å². The van der Waals surface area contributed by atoms with Crippen molar-refractivity contribution in [3.63, 3.8) is 0 Å². The van der Waals surface area contributed by atoms with Gasteiger partial charge in [-0.2, -0.15) is 4.72 Å². The molecule has 1 heterocycles. The molecule has 1 aromatic carbocycles. The molecule has 2 amide bonds. The first-order valence-electron chi connectivity index (χ1n) is 8.99. The van der Waals surface area contributed by atoms with Crippen LogP contribution in [0.4, 0.5) is 0 Å². The van der Waals surface area contributed by atoms with Crippen molar-refractivity contribution < 1.29 is 18.0 Å². The standard InChI is InChI=1S/C19H26N4O4S/c1-4-9-20-28(26,27)17-8-5-7-16(14-17)19(25)23-11-6-10-22(12-13-23)15-18(24)21(2)3/h1,5,7-8,14,20H,6,9-13,15H2,2-3H3. The number of carbonyl (C=O) groups excluding carboxylic acids is 2. The minimum Gasteiger partial charge on any atom is -0.348 e. The molecule has 0 aliphatic carbocycles. The molecule has 0 bridgehead atoms. The zero-order valence-electron chi connectivity index (χ0n) is 16.2. The van der Waals surface area contributed by atoms with Crippen molar-refractivity contribution in [3.05, 3.63) is 29.8 Å². The van der Waals surface area contributed by atoms with Crippen molar-refractivity contribution in [2.45, 2.75) is 11.3 Å². The number of nitrogens with one attached hydrogen (secondary N) is 1. The molecule has 1 N–H and O–H groups in total. The average molecular weight is 407 g/mol. The van der Waals surface area contributed by atoms with Crippen LogP contribution in [0.1, 0.15) is 16.8 Å². The number of sulfonamides is 1. The van der Waals surface area contributed by atoms with Crippen LogP contribution in [0.5, 0.6) is 0 Å². The number of likely N-dealkylation sites (N-methyl/N-ethyl adjacent to an activating group) is 1. The minimum absolute atomic E-state index is 0.00151. The quantitative estimate of drug-likeness (QED) is 0.663. The summed E-state index contributed by atoms with van der Waals surface area (Å²) in [6.07, 6.45) is 5.84. The van der Waals surface area contributed by atoms with Crippen LogP contribution >= 0.6 is 0 Å². The zero-order valence-corrected chi connectivity index (χ0v) is 17.0. The molecule has 152 valence electrons. The smallest absolute Gasteiger partial charge is 0.253 e. The monoisotopic (exact) mass is 406 g/mol. The van der Waals surface area contributed by atoms with Crippen LogP contribution in [0.3, 0.4) is 0 Å². The van der Waals surface area contributed by atoms with E-state index >= 15 is 0 Å². The summed E-state index contributed by atoms with van der Waals surface area (Å²) in [6, 6.07) is 5.92. The summed E-state index contributed by atoms with van der Waals surface area (Å²) in [5.74, 6) is 2.02. The highest BCUT2D eigenvalue weighted by Crippen LogP contribution is 2.15. The fourth-order valence-corrected chi connectivity index (χ4v) is 3.84. The van der Waals surface area contributed by atoms with Crippen LogP contribution in [0.25, 0.3) is 0 Å². The zero-order chi connectivity index (χ0) is 20.7. The molecule has 0 radical (unpaired) electrons. The van der Waals surface area contributed by atoms with E-state index in [9.17, 15) is 18.0 Å². The second kappa shape index (κ2) is 9.68. The molecule has 28 heavy (non-hydrogen) atoms. The van der Waals surface area contributed by atoms with Gasteiger partial charge in [-0.15, -0.1) is 6.42 Å². The van der Waals surface area contributed by atoms with Gasteiger partial charge >= 0.3 is 0 Å². The highest BCUT2D eigenvalue weighted by molar-refractivity contribution is 7.89. The van der Waals surface area contributed by atoms with Crippen LogP contribution in [0.15, 0.2) is 29.2 Å². The van der Waals surface area contributed by atoms with Gasteiger partial charge in [-0.3, -0.25) is 14.5 Å². The van der Waals surface area contributed by atoms with Crippen molar-refractivity contribution in [2.24, 2.45) is 0 Å². The number of hydrogen-bond acceptors (Lipinski definition) is 5. The van der Waals surface area contributed by atoms with Crippen LogP contribution in [-0.2, 0) is 14.8 Å². The van der Waals surface area contributed by atoms with Gasteiger partial charge in [0.05, 0.1) is 18.0 Å². The molecule has 0 aromatic heterocycles. The maximum Gasteiger partial charge on any atom is 0.253 e. The van der Waals surface area contributed by atoms with E-state index in [0.717, 1.165) is 13.0 Å². The molecule has 1 aromatic rings. The molecule has 0 saturated carbocycles. The fraction of sp³-hybridized carbons (Fsp3) is 0.474. The largest absolute Gasteiger partial charge is 0.348 e. The Kier molecular flexibility index (Phi) is 7.57. The molecule has 1 aliphatic heterocycles. The Morgan fingerprint density at radius 2 is 1.96 bits per heavy atom. The fourth-order valence-electron chi connectivity index (χ4n) is 2.86. The van der Waals surface area contributed by atoms with Gasteiger partial charge in [0.25, 0.3) is 5.91 Å². The van der Waals surface area contributed by atoms with Crippen LogP contribution in [0, 0.1) is 12.3 Å². The molecule has 0 atom stereocenters. The third-order valence-electron chi connectivity index (χ3n) is 4.49. The molecular weight excluding hydrogens is 380 g/mol.